The number of hydrogen-bond acceptors (Lipinski definition) is 6. The molecule has 38 heavy (non-hydrogen) atoms. The summed E-state index contributed by atoms with van der Waals surface area (Å²) in [5, 5.41) is 7.40. The van der Waals surface area contributed by atoms with Crippen LogP contribution in [-0.4, -0.2) is 36.8 Å². The van der Waals surface area contributed by atoms with Crippen LogP contribution in [0.1, 0.15) is 23.5 Å². The minimum Gasteiger partial charge on any atom is -0.495 e. The lowest BCUT2D eigenvalue weighted by molar-refractivity contribution is -0.119. The maximum atomic E-state index is 12.3. The van der Waals surface area contributed by atoms with Crippen LogP contribution in [0.5, 0.6) is 5.75 Å². The summed E-state index contributed by atoms with van der Waals surface area (Å²) >= 11 is 11.9. The van der Waals surface area contributed by atoms with Crippen LogP contribution in [0.3, 0.4) is 0 Å². The monoisotopic (exact) mass is 548 g/mol. The Kier molecular flexibility index (Phi) is 7.59. The largest absolute Gasteiger partial charge is 0.495 e. The number of halogens is 1. The zero-order valence-electron chi connectivity index (χ0n) is 20.7. The van der Waals surface area contributed by atoms with Gasteiger partial charge in [0.25, 0.3) is 0 Å². The number of rotatable bonds is 8. The Labute approximate surface area is 230 Å². The van der Waals surface area contributed by atoms with E-state index in [1.165, 1.54) is 7.11 Å². The van der Waals surface area contributed by atoms with E-state index in [1.807, 2.05) is 71.6 Å². The Balaban J connectivity index is 1.57. The molecule has 3 heterocycles. The molecule has 194 valence electrons. The Morgan fingerprint density at radius 1 is 1.13 bits per heavy atom. The van der Waals surface area contributed by atoms with E-state index in [1.54, 1.807) is 19.4 Å². The molecule has 2 aromatic carbocycles. The van der Waals surface area contributed by atoms with Crippen molar-refractivity contribution < 1.29 is 18.7 Å². The second kappa shape index (κ2) is 11.2. The molecule has 0 unspecified atom stereocenters. The normalized spacial score (nSPS) is 16.8. The number of nitrogens with zero attached hydrogens (tertiary/aromatic N) is 2. The van der Waals surface area contributed by atoms with E-state index >= 15 is 0 Å². The maximum absolute atomic E-state index is 12.3. The van der Waals surface area contributed by atoms with Crippen molar-refractivity contribution in [3.8, 4) is 17.1 Å². The van der Waals surface area contributed by atoms with Crippen LogP contribution in [0.2, 0.25) is 5.02 Å². The first-order valence-electron chi connectivity index (χ1n) is 11.8. The number of amides is 1. The second-order valence-corrected chi connectivity index (χ2v) is 9.39. The van der Waals surface area contributed by atoms with E-state index in [0.29, 0.717) is 33.1 Å². The molecule has 2 atom stereocenters. The third-order valence-electron chi connectivity index (χ3n) is 6.16. The topological polar surface area (TPSA) is 88.9 Å². The highest BCUT2D eigenvalue weighted by molar-refractivity contribution is 7.80. The highest BCUT2D eigenvalue weighted by atomic mass is 35.5. The van der Waals surface area contributed by atoms with Crippen LogP contribution in [0.15, 0.2) is 83.4 Å². The first kappa shape index (κ1) is 25.7. The Bertz CT molecular complexity index is 1450. The molecule has 5 rings (SSSR count). The highest BCUT2D eigenvalue weighted by Gasteiger charge is 2.42. The number of pyridine rings is 1. The van der Waals surface area contributed by atoms with Gasteiger partial charge < -0.3 is 29.4 Å². The van der Waals surface area contributed by atoms with Gasteiger partial charge in [-0.1, -0.05) is 17.7 Å². The molecule has 0 bridgehead atoms. The fourth-order valence-electron chi connectivity index (χ4n) is 4.46. The van der Waals surface area contributed by atoms with Gasteiger partial charge in [-0.3, -0.25) is 9.78 Å². The quantitative estimate of drug-likeness (QED) is 0.268. The molecule has 1 aliphatic heterocycles. The minimum absolute atomic E-state index is 0.0820. The number of ether oxygens (including phenoxy) is 2. The Morgan fingerprint density at radius 3 is 2.66 bits per heavy atom. The molecule has 0 aliphatic carbocycles. The number of anilines is 2. The molecule has 1 amide bonds. The first-order valence-corrected chi connectivity index (χ1v) is 12.6. The minimum atomic E-state index is -0.366. The van der Waals surface area contributed by atoms with E-state index in [0.717, 1.165) is 16.9 Å². The molecule has 4 aromatic rings. The Morgan fingerprint density at radius 2 is 1.95 bits per heavy atom. The summed E-state index contributed by atoms with van der Waals surface area (Å²) in [4.78, 5) is 18.8. The molecular weight excluding hydrogens is 524 g/mol. The van der Waals surface area contributed by atoms with Crippen LogP contribution in [0.25, 0.3) is 11.3 Å². The molecule has 1 saturated heterocycles. The summed E-state index contributed by atoms with van der Waals surface area (Å²) in [5.74, 6) is 1.61. The van der Waals surface area contributed by atoms with Crippen molar-refractivity contribution in [1.82, 2.24) is 10.3 Å². The third kappa shape index (κ3) is 5.22. The van der Waals surface area contributed by atoms with Crippen LogP contribution >= 0.6 is 23.8 Å². The smallest absolute Gasteiger partial charge is 0.250 e. The molecule has 2 aromatic heterocycles. The fraction of sp³-hybridized carbons (Fsp3) is 0.179. The third-order valence-corrected chi connectivity index (χ3v) is 6.72. The summed E-state index contributed by atoms with van der Waals surface area (Å²) in [7, 11) is 3.01. The van der Waals surface area contributed by atoms with Crippen molar-refractivity contribution in [2.45, 2.75) is 12.1 Å². The molecule has 10 heteroatoms. The molecule has 0 radical (unpaired) electrons. The predicted molar refractivity (Wildman–Crippen MR) is 151 cm³/mol. The van der Waals surface area contributed by atoms with Gasteiger partial charge in [-0.2, -0.15) is 0 Å². The van der Waals surface area contributed by atoms with Crippen molar-refractivity contribution in [2.75, 3.05) is 31.0 Å². The van der Waals surface area contributed by atoms with E-state index < -0.39 is 0 Å². The first-order chi connectivity index (χ1) is 18.5. The molecule has 1 aliphatic rings. The summed E-state index contributed by atoms with van der Waals surface area (Å²) in [6.07, 6.45) is 1.75. The van der Waals surface area contributed by atoms with Gasteiger partial charge in [0.2, 0.25) is 5.91 Å². The molecule has 0 saturated carbocycles. The molecule has 0 spiro atoms. The number of benzene rings is 2. The van der Waals surface area contributed by atoms with Gasteiger partial charge in [-0.25, -0.2) is 0 Å². The highest BCUT2D eigenvalue weighted by Crippen LogP contribution is 2.44. The molecular formula is C28H25ClN4O4S. The van der Waals surface area contributed by atoms with Crippen LogP contribution < -0.4 is 20.3 Å². The number of methoxy groups -OCH3 is 2. The van der Waals surface area contributed by atoms with Gasteiger partial charge in [-0.15, -0.1) is 0 Å². The van der Waals surface area contributed by atoms with E-state index in [9.17, 15) is 4.79 Å². The van der Waals surface area contributed by atoms with Crippen LogP contribution in [0, 0.1) is 0 Å². The van der Waals surface area contributed by atoms with Crippen LogP contribution in [-0.2, 0) is 9.53 Å². The van der Waals surface area contributed by atoms with Gasteiger partial charge in [-0.05, 0) is 78.9 Å². The Hall–Kier alpha value is -3.92. The molecule has 8 nitrogen and oxygen atoms in total. The number of carbonyl (C=O) groups is 1. The van der Waals surface area contributed by atoms with E-state index in [4.69, 9.17) is 37.7 Å². The van der Waals surface area contributed by atoms with Crippen molar-refractivity contribution in [1.29, 1.82) is 0 Å². The number of hydrogen-bond donors (Lipinski definition) is 2. The SMILES string of the molecule is COCC(=O)Nc1cc(N2C(=S)N[C@H](c3ccccn3)[C@@H]2c2ccc(-c3ccc(Cl)cc3)o2)ccc1OC. The average molecular weight is 549 g/mol. The number of thiocarbonyl (C=S) groups is 1. The second-order valence-electron chi connectivity index (χ2n) is 8.57. The number of aromatic nitrogens is 1. The van der Waals surface area contributed by atoms with Crippen molar-refractivity contribution in [3.05, 3.63) is 95.5 Å². The van der Waals surface area contributed by atoms with E-state index in [2.05, 4.69) is 15.6 Å². The van der Waals surface area contributed by atoms with Gasteiger partial charge in [0.05, 0.1) is 24.5 Å². The number of furan rings is 1. The lowest BCUT2D eigenvalue weighted by Gasteiger charge is -2.27. The van der Waals surface area contributed by atoms with Gasteiger partial charge in [0.1, 0.15) is 29.9 Å². The zero-order chi connectivity index (χ0) is 26.6. The summed E-state index contributed by atoms with van der Waals surface area (Å²) < 4.78 is 16.8. The lowest BCUT2D eigenvalue weighted by atomic mass is 10.0. The fourth-order valence-corrected chi connectivity index (χ4v) is 4.94. The van der Waals surface area contributed by atoms with Crippen molar-refractivity contribution in [2.24, 2.45) is 0 Å². The molecule has 2 N–H and O–H groups in total. The predicted octanol–water partition coefficient (Wildman–Crippen LogP) is 5.77. The average Bonchev–Trinajstić information content (AvgIpc) is 3.54. The number of nitrogens with one attached hydrogen (secondary N) is 2. The zero-order valence-corrected chi connectivity index (χ0v) is 22.3. The van der Waals surface area contributed by atoms with E-state index in [-0.39, 0.29) is 24.6 Å². The summed E-state index contributed by atoms with van der Waals surface area (Å²) in [6, 6.07) is 21.9. The van der Waals surface area contributed by atoms with Gasteiger partial charge >= 0.3 is 0 Å². The maximum Gasteiger partial charge on any atom is 0.250 e. The van der Waals surface area contributed by atoms with Crippen LogP contribution in [0.4, 0.5) is 11.4 Å². The standard InChI is InChI=1S/C28H25ClN4O4S/c1-35-16-25(34)31-21-15-19(10-11-23(21)36-2)33-27(26(32-28(33)38)20-5-3-4-14-30-20)24-13-12-22(37-24)17-6-8-18(29)9-7-17/h3-15,26-27H,16H2,1-2H3,(H,31,34)(H,32,38)/t26-,27+/m1/s1. The molecule has 1 fully saturated rings. The summed E-state index contributed by atoms with van der Waals surface area (Å²) in [5.41, 5.74) is 2.96. The van der Waals surface area contributed by atoms with Gasteiger partial charge in [0.15, 0.2) is 5.11 Å². The lowest BCUT2D eigenvalue weighted by Crippen LogP contribution is -2.29. The number of carbonyl (C=O) groups excluding carboxylic acids is 1. The summed E-state index contributed by atoms with van der Waals surface area (Å²) in [6.45, 7) is -0.0820. The van der Waals surface area contributed by atoms with Crippen molar-refractivity contribution >= 4 is 46.2 Å². The van der Waals surface area contributed by atoms with Gasteiger partial charge in [0, 0.05) is 29.6 Å². The van der Waals surface area contributed by atoms with Crippen molar-refractivity contribution in [3.63, 3.8) is 0 Å².